The number of nitrogens with one attached hydrogen (secondary N) is 2. The molecule has 0 bridgehead atoms. The molecule has 10 heteroatoms. The summed E-state index contributed by atoms with van der Waals surface area (Å²) in [5.74, 6) is -0.0448. The number of methoxy groups -OCH3 is 1. The van der Waals surface area contributed by atoms with Crippen molar-refractivity contribution in [3.8, 4) is 5.75 Å². The van der Waals surface area contributed by atoms with Crippen LogP contribution < -0.4 is 14.8 Å². The predicted molar refractivity (Wildman–Crippen MR) is 119 cm³/mol. The van der Waals surface area contributed by atoms with Gasteiger partial charge in [-0.1, -0.05) is 11.6 Å². The van der Waals surface area contributed by atoms with E-state index in [0.29, 0.717) is 42.5 Å². The zero-order valence-electron chi connectivity index (χ0n) is 17.3. The van der Waals surface area contributed by atoms with Crippen LogP contribution in [0.5, 0.6) is 5.75 Å². The summed E-state index contributed by atoms with van der Waals surface area (Å²) in [4.78, 5) is 14.8. The van der Waals surface area contributed by atoms with E-state index in [1.165, 1.54) is 25.3 Å². The van der Waals surface area contributed by atoms with Crippen molar-refractivity contribution in [2.45, 2.75) is 11.3 Å². The van der Waals surface area contributed by atoms with Crippen molar-refractivity contribution in [3.05, 3.63) is 53.1 Å². The second kappa shape index (κ2) is 10.9. The molecule has 1 saturated heterocycles. The molecule has 2 aromatic carbocycles. The standard InChI is InChI=1S/C21H26ClN3O5S/c1-29-20-8-7-18(15-19(20)24-21(26)16-3-5-17(22)6-4-16)31(27,28)23-9-2-10-25-11-13-30-14-12-25/h3-8,15,23H,2,9-14H2,1H3,(H,24,26). The number of rotatable bonds is 9. The van der Waals surface area contributed by atoms with Gasteiger partial charge in [0.25, 0.3) is 5.91 Å². The van der Waals surface area contributed by atoms with Gasteiger partial charge in [0, 0.05) is 30.2 Å². The van der Waals surface area contributed by atoms with Crippen LogP contribution in [0.15, 0.2) is 47.4 Å². The SMILES string of the molecule is COc1ccc(S(=O)(=O)NCCCN2CCOCC2)cc1NC(=O)c1ccc(Cl)cc1. The molecule has 0 atom stereocenters. The van der Waals surface area contributed by atoms with E-state index in [0.717, 1.165) is 19.6 Å². The van der Waals surface area contributed by atoms with E-state index in [4.69, 9.17) is 21.1 Å². The van der Waals surface area contributed by atoms with Gasteiger partial charge in [0.2, 0.25) is 10.0 Å². The second-order valence-electron chi connectivity index (χ2n) is 7.03. The second-order valence-corrected chi connectivity index (χ2v) is 9.23. The van der Waals surface area contributed by atoms with Crippen LogP contribution >= 0.6 is 11.6 Å². The van der Waals surface area contributed by atoms with E-state index in [1.807, 2.05) is 0 Å². The number of carbonyl (C=O) groups is 1. The monoisotopic (exact) mass is 467 g/mol. The summed E-state index contributed by atoms with van der Waals surface area (Å²) in [5.41, 5.74) is 0.652. The summed E-state index contributed by atoms with van der Waals surface area (Å²) in [6.07, 6.45) is 0.690. The Morgan fingerprint density at radius 1 is 1.16 bits per heavy atom. The fraction of sp³-hybridized carbons (Fsp3) is 0.381. The number of carbonyl (C=O) groups excluding carboxylic acids is 1. The summed E-state index contributed by atoms with van der Waals surface area (Å²) < 4.78 is 38.6. The maximum absolute atomic E-state index is 12.7. The number of ether oxygens (including phenoxy) is 2. The molecule has 2 N–H and O–H groups in total. The Morgan fingerprint density at radius 3 is 2.55 bits per heavy atom. The first-order valence-corrected chi connectivity index (χ1v) is 11.8. The summed E-state index contributed by atoms with van der Waals surface area (Å²) >= 11 is 5.86. The molecule has 1 amide bonds. The largest absolute Gasteiger partial charge is 0.495 e. The topological polar surface area (TPSA) is 97.0 Å². The minimum absolute atomic E-state index is 0.0473. The molecule has 1 heterocycles. The van der Waals surface area contributed by atoms with Gasteiger partial charge in [-0.15, -0.1) is 0 Å². The van der Waals surface area contributed by atoms with E-state index in [-0.39, 0.29) is 10.6 Å². The number of nitrogens with zero attached hydrogens (tertiary/aromatic N) is 1. The van der Waals surface area contributed by atoms with Crippen LogP contribution in [0, 0.1) is 0 Å². The number of anilines is 1. The fourth-order valence-electron chi connectivity index (χ4n) is 3.16. The molecule has 1 fully saturated rings. The van der Waals surface area contributed by atoms with E-state index in [2.05, 4.69) is 14.9 Å². The van der Waals surface area contributed by atoms with Crippen molar-refractivity contribution < 1.29 is 22.7 Å². The lowest BCUT2D eigenvalue weighted by Gasteiger charge is -2.26. The molecular weight excluding hydrogens is 442 g/mol. The summed E-state index contributed by atoms with van der Waals surface area (Å²) in [5, 5.41) is 3.22. The number of benzene rings is 2. The normalized spacial score (nSPS) is 14.9. The van der Waals surface area contributed by atoms with Gasteiger partial charge in [-0.25, -0.2) is 13.1 Å². The molecule has 0 saturated carbocycles. The maximum atomic E-state index is 12.7. The number of hydrogen-bond acceptors (Lipinski definition) is 6. The highest BCUT2D eigenvalue weighted by molar-refractivity contribution is 7.89. The van der Waals surface area contributed by atoms with E-state index >= 15 is 0 Å². The lowest BCUT2D eigenvalue weighted by molar-refractivity contribution is 0.0376. The molecule has 0 aromatic heterocycles. The summed E-state index contributed by atoms with van der Waals surface area (Å²) in [7, 11) is -2.28. The van der Waals surface area contributed by atoms with Crippen LogP contribution in [0.25, 0.3) is 0 Å². The van der Waals surface area contributed by atoms with Crippen molar-refractivity contribution >= 4 is 33.2 Å². The summed E-state index contributed by atoms with van der Waals surface area (Å²) in [6.45, 7) is 4.27. The molecule has 0 aliphatic carbocycles. The van der Waals surface area contributed by atoms with Gasteiger partial charge >= 0.3 is 0 Å². The van der Waals surface area contributed by atoms with Gasteiger partial charge in [-0.2, -0.15) is 0 Å². The molecule has 1 aliphatic heterocycles. The van der Waals surface area contributed by atoms with Crippen molar-refractivity contribution in [3.63, 3.8) is 0 Å². The van der Waals surface area contributed by atoms with Crippen LogP contribution in [0.2, 0.25) is 5.02 Å². The number of amides is 1. The number of hydrogen-bond donors (Lipinski definition) is 2. The zero-order valence-corrected chi connectivity index (χ0v) is 18.8. The molecule has 8 nitrogen and oxygen atoms in total. The third kappa shape index (κ3) is 6.65. The molecule has 0 spiro atoms. The molecule has 168 valence electrons. The molecule has 0 radical (unpaired) electrons. The Morgan fingerprint density at radius 2 is 1.87 bits per heavy atom. The zero-order chi connectivity index (χ0) is 22.3. The quantitative estimate of drug-likeness (QED) is 0.550. The van der Waals surface area contributed by atoms with E-state index in [9.17, 15) is 13.2 Å². The van der Waals surface area contributed by atoms with Gasteiger partial charge in [0.1, 0.15) is 5.75 Å². The lowest BCUT2D eigenvalue weighted by Crippen LogP contribution is -2.38. The Balaban J connectivity index is 1.65. The van der Waals surface area contributed by atoms with Crippen LogP contribution in [0.3, 0.4) is 0 Å². The van der Waals surface area contributed by atoms with Crippen molar-refractivity contribution in [1.29, 1.82) is 0 Å². The molecule has 0 unspecified atom stereocenters. The first-order chi connectivity index (χ1) is 14.9. The number of morpholine rings is 1. The van der Waals surface area contributed by atoms with Crippen LogP contribution in [-0.4, -0.2) is 65.7 Å². The highest BCUT2D eigenvalue weighted by Gasteiger charge is 2.18. The van der Waals surface area contributed by atoms with Crippen LogP contribution in [0.4, 0.5) is 5.69 Å². The Bertz CT molecular complexity index is 993. The molecular formula is C21H26ClN3O5S. The molecule has 1 aliphatic rings. The minimum Gasteiger partial charge on any atom is -0.495 e. The highest BCUT2D eigenvalue weighted by atomic mass is 35.5. The first-order valence-electron chi connectivity index (χ1n) is 9.94. The lowest BCUT2D eigenvalue weighted by atomic mass is 10.2. The van der Waals surface area contributed by atoms with Crippen molar-refractivity contribution in [2.75, 3.05) is 51.8 Å². The summed E-state index contributed by atoms with van der Waals surface area (Å²) in [6, 6.07) is 10.7. The first kappa shape index (κ1) is 23.5. The van der Waals surface area contributed by atoms with Crippen LogP contribution in [0.1, 0.15) is 16.8 Å². The minimum atomic E-state index is -3.73. The van der Waals surface area contributed by atoms with Gasteiger partial charge in [0.05, 0.1) is 30.9 Å². The highest BCUT2D eigenvalue weighted by Crippen LogP contribution is 2.28. The number of halogens is 1. The van der Waals surface area contributed by atoms with Crippen LogP contribution in [-0.2, 0) is 14.8 Å². The average molecular weight is 468 g/mol. The van der Waals surface area contributed by atoms with Crippen molar-refractivity contribution in [2.24, 2.45) is 0 Å². The molecule has 31 heavy (non-hydrogen) atoms. The molecule has 2 aromatic rings. The fourth-order valence-corrected chi connectivity index (χ4v) is 4.39. The van der Waals surface area contributed by atoms with Gasteiger partial charge < -0.3 is 14.8 Å². The van der Waals surface area contributed by atoms with Gasteiger partial charge in [-0.3, -0.25) is 9.69 Å². The van der Waals surface area contributed by atoms with Gasteiger partial charge in [0.15, 0.2) is 0 Å². The van der Waals surface area contributed by atoms with Crippen molar-refractivity contribution in [1.82, 2.24) is 9.62 Å². The van der Waals surface area contributed by atoms with Gasteiger partial charge in [-0.05, 0) is 55.4 Å². The third-order valence-electron chi connectivity index (χ3n) is 4.88. The smallest absolute Gasteiger partial charge is 0.255 e. The molecule has 3 rings (SSSR count). The van der Waals surface area contributed by atoms with E-state index in [1.54, 1.807) is 24.3 Å². The third-order valence-corrected chi connectivity index (χ3v) is 6.59. The Kier molecular flexibility index (Phi) is 8.28. The van der Waals surface area contributed by atoms with E-state index < -0.39 is 15.9 Å². The average Bonchev–Trinajstić information content (AvgIpc) is 2.78. The predicted octanol–water partition coefficient (Wildman–Crippen LogP) is 2.60. The Hall–Kier alpha value is -2.17. The Labute approximate surface area is 187 Å². The maximum Gasteiger partial charge on any atom is 0.255 e. The number of sulfonamides is 1.